The normalized spacial score (nSPS) is 11.5. The molecule has 15 aromatic rings. The Morgan fingerprint density at radius 3 is 1.33 bits per heavy atom. The summed E-state index contributed by atoms with van der Waals surface area (Å²) in [5, 5.41) is 16.0. The van der Waals surface area contributed by atoms with Crippen LogP contribution >= 0.6 is 0 Å². The fourth-order valence-electron chi connectivity index (χ4n) is 12.1. The van der Waals surface area contributed by atoms with Gasteiger partial charge in [-0.2, -0.15) is 25.4 Å². The number of nitrogens with zero attached hydrogens (tertiary/aromatic N) is 16. The van der Waals surface area contributed by atoms with Gasteiger partial charge in [-0.1, -0.05) is 91.0 Å². The number of hydrogen-bond acceptors (Lipinski definition) is 26. The van der Waals surface area contributed by atoms with Gasteiger partial charge >= 0.3 is 20.4 Å². The number of oxazole rings is 3. The minimum absolute atomic E-state index is 0.0398. The van der Waals surface area contributed by atoms with Gasteiger partial charge in [0, 0.05) is 186 Å². The average Bonchev–Trinajstić information content (AvgIpc) is 1.57. The first-order valence-electron chi connectivity index (χ1n) is 37.7. The number of fused-ring (bicyclic) bond motifs is 3. The zero-order valence-corrected chi connectivity index (χ0v) is 66.7. The fraction of sp³-hybridized carbons (Fsp3) is 0.256. The lowest BCUT2D eigenvalue weighted by molar-refractivity contribution is -0.107. The van der Waals surface area contributed by atoms with Crippen LogP contribution in [0.25, 0.3) is 33.3 Å². The topological polar surface area (TPSA) is 398 Å². The van der Waals surface area contributed by atoms with Crippen molar-refractivity contribution in [1.29, 1.82) is 0 Å². The van der Waals surface area contributed by atoms with E-state index in [1.54, 1.807) is 73.6 Å². The maximum atomic E-state index is 13.9. The maximum Gasteiger partial charge on any atom is 0.308 e. The molecule has 0 radical (unpaired) electrons. The number of rotatable bonds is 35. The second-order valence-corrected chi connectivity index (χ2v) is 30.9. The van der Waals surface area contributed by atoms with Crippen molar-refractivity contribution in [2.45, 2.75) is 77.4 Å². The molecule has 12 heterocycles. The van der Waals surface area contributed by atoms with Crippen molar-refractivity contribution in [3.8, 4) is 0 Å². The molecule has 0 aliphatic carbocycles. The summed E-state index contributed by atoms with van der Waals surface area (Å²) in [7, 11) is -1.51. The summed E-state index contributed by atoms with van der Waals surface area (Å²) in [5.41, 5.74) is 15.7. The van der Waals surface area contributed by atoms with E-state index >= 15 is 0 Å². The summed E-state index contributed by atoms with van der Waals surface area (Å²) in [6, 6.07) is 43.7. The van der Waals surface area contributed by atoms with Crippen LogP contribution < -0.4 is 32.3 Å². The Morgan fingerprint density at radius 1 is 0.458 bits per heavy atom. The molecule has 0 aliphatic heterocycles. The van der Waals surface area contributed by atoms with Crippen LogP contribution in [0.2, 0.25) is 0 Å². The molecule has 31 nitrogen and oxygen atoms in total. The number of aldehydes is 1. The lowest BCUT2D eigenvalue weighted by Gasteiger charge is -2.17. The predicted octanol–water partition coefficient (Wildman–Crippen LogP) is 9.98. The summed E-state index contributed by atoms with van der Waals surface area (Å²) in [6.07, 6.45) is 19.9. The Balaban J connectivity index is 0.000000151. The number of H-pyrrole nitrogens is 1. The van der Waals surface area contributed by atoms with E-state index in [4.69, 9.17) is 19.0 Å². The van der Waals surface area contributed by atoms with Crippen LogP contribution in [-0.4, -0.2) is 165 Å². The molecule has 0 bridgehead atoms. The summed E-state index contributed by atoms with van der Waals surface area (Å²) in [6.45, 7) is 3.63. The zero-order chi connectivity index (χ0) is 82.8. The molecule has 0 unspecified atom stereocenters. The number of benzene rings is 3. The van der Waals surface area contributed by atoms with Crippen molar-refractivity contribution in [1.82, 2.24) is 92.0 Å². The van der Waals surface area contributed by atoms with Crippen LogP contribution in [0.5, 0.6) is 0 Å². The highest BCUT2D eigenvalue weighted by molar-refractivity contribution is 7.87. The van der Waals surface area contributed by atoms with Gasteiger partial charge in [0.15, 0.2) is 68.4 Å². The number of imidazole rings is 3. The SMILES string of the molecule is CN(C)S(=O)(=O)n1c(Cc2ccccc2)cnc1CCNCCc1nc2c(NCc3ncccc3F)nccc2o1.CN(C)S(=O)(=O)n1cc(Cc2ccccc2)nc1CC=O.Fc1cccnc1CNc1nccc2oc(CCNCCc3ncc(Cc4ccccc4)[nH]3)nc12.NCCc1nc2c(NCc3ncccc3F)nccc2o1. The summed E-state index contributed by atoms with van der Waals surface area (Å²) in [5.74, 6) is 3.80. The van der Waals surface area contributed by atoms with E-state index < -0.39 is 26.2 Å². The highest BCUT2D eigenvalue weighted by atomic mass is 32.2. The van der Waals surface area contributed by atoms with Crippen molar-refractivity contribution in [2.24, 2.45) is 5.73 Å². The molecule has 0 fully saturated rings. The average molecular weight is 1640 g/mol. The lowest BCUT2D eigenvalue weighted by Crippen LogP contribution is -2.32. The third-order valence-electron chi connectivity index (χ3n) is 18.0. The quantitative estimate of drug-likeness (QED) is 0.0143. The van der Waals surface area contributed by atoms with Gasteiger partial charge in [-0.25, -0.2) is 66.0 Å². The molecular weight excluding hydrogens is 1560 g/mol. The molecule has 12 aromatic heterocycles. The molecule has 0 saturated carbocycles. The van der Waals surface area contributed by atoms with Gasteiger partial charge in [-0.05, 0) is 53.1 Å². The van der Waals surface area contributed by atoms with Crippen molar-refractivity contribution >= 4 is 77.5 Å². The summed E-state index contributed by atoms with van der Waals surface area (Å²) < 4.78 is 114. The smallest absolute Gasteiger partial charge is 0.308 e. The molecule has 3 aromatic carbocycles. The minimum Gasteiger partial charge on any atom is -0.440 e. The Kier molecular flexibility index (Phi) is 29.5. The molecule has 0 aliphatic rings. The number of nitrogens with one attached hydrogen (secondary N) is 6. The number of aromatic nitrogens is 15. The van der Waals surface area contributed by atoms with E-state index in [1.807, 2.05) is 85.1 Å². The summed E-state index contributed by atoms with van der Waals surface area (Å²) >= 11 is 0. The van der Waals surface area contributed by atoms with Crippen LogP contribution in [0.1, 0.15) is 86.0 Å². The first-order valence-corrected chi connectivity index (χ1v) is 40.5. The molecule has 8 N–H and O–H groups in total. The number of anilines is 3. The molecule has 0 spiro atoms. The van der Waals surface area contributed by atoms with Crippen molar-refractivity contribution < 1.29 is 48.1 Å². The van der Waals surface area contributed by atoms with Gasteiger partial charge in [0.05, 0.1) is 60.7 Å². The minimum atomic E-state index is -3.75. The predicted molar refractivity (Wildman–Crippen MR) is 440 cm³/mol. The van der Waals surface area contributed by atoms with E-state index in [-0.39, 0.29) is 49.2 Å². The molecule has 118 heavy (non-hydrogen) atoms. The Bertz CT molecular complexity index is 5990. The third-order valence-corrected chi connectivity index (χ3v) is 21.5. The summed E-state index contributed by atoms with van der Waals surface area (Å²) in [4.78, 5) is 65.8. The Labute approximate surface area is 678 Å². The van der Waals surface area contributed by atoms with E-state index in [2.05, 4.69) is 104 Å². The van der Waals surface area contributed by atoms with Gasteiger partial charge in [0.1, 0.15) is 41.2 Å². The first kappa shape index (κ1) is 84.6. The number of halogens is 3. The number of carbonyl (C=O) groups is 1. The van der Waals surface area contributed by atoms with Gasteiger partial charge in [0.25, 0.3) is 0 Å². The second-order valence-electron chi connectivity index (χ2n) is 26.9. The number of nitrogens with two attached hydrogens (primary N) is 1. The lowest BCUT2D eigenvalue weighted by atomic mass is 10.1. The second kappa shape index (κ2) is 41.1. The number of carbonyl (C=O) groups excluding carboxylic acids is 1. The number of pyridine rings is 6. The van der Waals surface area contributed by atoms with Crippen LogP contribution in [-0.2, 0) is 103 Å². The molecular formula is C82H88F3N23O8S2. The maximum absolute atomic E-state index is 13.9. The van der Waals surface area contributed by atoms with Crippen LogP contribution in [0.15, 0.2) is 215 Å². The van der Waals surface area contributed by atoms with E-state index in [0.717, 1.165) is 56.9 Å². The molecule has 0 saturated heterocycles. The largest absolute Gasteiger partial charge is 0.440 e. The van der Waals surface area contributed by atoms with Crippen LogP contribution in [0, 0.1) is 17.5 Å². The monoisotopic (exact) mass is 1640 g/mol. The number of hydrogen-bond donors (Lipinski definition) is 7. The van der Waals surface area contributed by atoms with Gasteiger partial charge in [0.2, 0.25) is 0 Å². The van der Waals surface area contributed by atoms with Gasteiger partial charge in [-0.15, -0.1) is 0 Å². The van der Waals surface area contributed by atoms with E-state index in [9.17, 15) is 34.8 Å². The standard InChI is InChI=1S/C28H31FN8O3S.C26H26FN7O.C14H14FN5O.C14H17N3O3S/c1-36(2)41(38,39)37-21(17-20-7-4-3-5-8-20)18-33-25(37)11-14-30-15-12-26-35-27-24(40-26)10-16-32-28(27)34-19-23-22(29)9-6-13-31-23;27-20-7-4-11-29-21(20)17-32-26-25-22(8-14-30-26)35-24(34-25)10-13-28-12-9-23-31-16-19(33-23)15-18-5-2-1-3-6-18;15-9-2-1-6-17-10(9)8-19-14-13-11(4-7-18-14)21-12(20-13)3-5-16;1-16(2)21(19,20)17-11-13(15-14(17)8-9-18)10-12-6-4-3-5-7-12/h3-10,13,16,18,30H,11-12,14-15,17,19H2,1-2H3,(H,32,34);1-8,11,14,16,28H,9-10,12-13,15,17H2,(H,30,32)(H,31,33);1-2,4,6-7H,3,5,8,16H2,(H,18,19);3-7,9,11H,8,10H2,1-2H3. The molecule has 0 atom stereocenters. The van der Waals surface area contributed by atoms with Gasteiger partial charge < -0.3 is 55.3 Å². The van der Waals surface area contributed by atoms with E-state index in [1.165, 1.54) is 72.6 Å². The van der Waals surface area contributed by atoms with Crippen molar-refractivity contribution in [2.75, 3.05) is 76.9 Å². The highest BCUT2D eigenvalue weighted by Crippen LogP contribution is 2.27. The van der Waals surface area contributed by atoms with Crippen LogP contribution in [0.3, 0.4) is 0 Å². The molecule has 15 rings (SSSR count). The third kappa shape index (κ3) is 22.8. The molecule has 0 amide bonds. The Hall–Kier alpha value is -12.8. The zero-order valence-electron chi connectivity index (χ0n) is 65.1. The van der Waals surface area contributed by atoms with E-state index in [0.29, 0.717) is 161 Å². The van der Waals surface area contributed by atoms with Crippen molar-refractivity contribution in [3.05, 3.63) is 305 Å². The molecule has 36 heteroatoms. The van der Waals surface area contributed by atoms with Gasteiger partial charge in [-0.3, -0.25) is 15.0 Å². The number of aromatic amines is 1. The Morgan fingerprint density at radius 2 is 0.890 bits per heavy atom. The first-order chi connectivity index (χ1) is 57.3. The van der Waals surface area contributed by atoms with Crippen LogP contribution in [0.4, 0.5) is 30.6 Å². The molecule has 612 valence electrons. The highest BCUT2D eigenvalue weighted by Gasteiger charge is 2.26. The fourth-order valence-corrected chi connectivity index (χ4v) is 14.2. The van der Waals surface area contributed by atoms with Crippen molar-refractivity contribution in [3.63, 3.8) is 0 Å².